The molecule has 0 bridgehead atoms. The second kappa shape index (κ2) is 10.9. The summed E-state index contributed by atoms with van der Waals surface area (Å²) in [5.41, 5.74) is 4.20. The number of aromatic nitrogens is 1. The van der Waals surface area contributed by atoms with E-state index in [1.165, 1.54) is 0 Å². The number of methoxy groups -OCH3 is 3. The lowest BCUT2D eigenvalue weighted by atomic mass is 9.87. The highest BCUT2D eigenvalue weighted by molar-refractivity contribution is 5.86. The van der Waals surface area contributed by atoms with Crippen molar-refractivity contribution in [3.63, 3.8) is 0 Å². The molecule has 0 radical (unpaired) electrons. The molecular formula is C30H33N3O4. The molecule has 1 aliphatic heterocycles. The highest BCUT2D eigenvalue weighted by atomic mass is 16.5. The number of anilines is 1. The van der Waals surface area contributed by atoms with Crippen LogP contribution >= 0.6 is 0 Å². The van der Waals surface area contributed by atoms with E-state index in [9.17, 15) is 4.79 Å². The fourth-order valence-electron chi connectivity index (χ4n) is 5.21. The van der Waals surface area contributed by atoms with E-state index in [2.05, 4.69) is 28.1 Å². The molecule has 1 N–H and O–H groups in total. The summed E-state index contributed by atoms with van der Waals surface area (Å²) in [5.74, 6) is 2.25. The molecule has 1 atom stereocenters. The van der Waals surface area contributed by atoms with Gasteiger partial charge in [-0.2, -0.15) is 0 Å². The molecule has 1 saturated heterocycles. The van der Waals surface area contributed by atoms with Crippen molar-refractivity contribution in [2.45, 2.75) is 12.3 Å². The number of hydrogen-bond donors (Lipinski definition) is 1. The molecule has 1 aromatic heterocycles. The van der Waals surface area contributed by atoms with Crippen molar-refractivity contribution in [2.75, 3.05) is 52.4 Å². The maximum Gasteiger partial charge on any atom is 0.223 e. The Labute approximate surface area is 217 Å². The first-order valence-corrected chi connectivity index (χ1v) is 12.6. The molecule has 1 amide bonds. The summed E-state index contributed by atoms with van der Waals surface area (Å²) in [7, 11) is 4.98. The third-order valence-corrected chi connectivity index (χ3v) is 7.21. The van der Waals surface area contributed by atoms with Crippen LogP contribution in [0.1, 0.15) is 23.5 Å². The summed E-state index contributed by atoms with van der Waals surface area (Å²) in [4.78, 5) is 21.3. The van der Waals surface area contributed by atoms with Crippen molar-refractivity contribution in [3.05, 3.63) is 84.1 Å². The molecule has 0 spiro atoms. The van der Waals surface area contributed by atoms with Gasteiger partial charge in [0.15, 0.2) is 0 Å². The van der Waals surface area contributed by atoms with E-state index in [1.54, 1.807) is 21.3 Å². The largest absolute Gasteiger partial charge is 0.497 e. The van der Waals surface area contributed by atoms with Crippen molar-refractivity contribution in [1.29, 1.82) is 0 Å². The van der Waals surface area contributed by atoms with Crippen molar-refractivity contribution in [3.8, 4) is 17.2 Å². The number of aromatic amines is 1. The number of carbonyl (C=O) groups is 1. The molecule has 1 fully saturated rings. The Kier molecular flexibility index (Phi) is 7.21. The number of H-pyrrole nitrogens is 1. The summed E-state index contributed by atoms with van der Waals surface area (Å²) < 4.78 is 16.6. The standard InChI is InChI=1S/C30H33N3O4/c1-35-22-16-21(17-23(18-22)36-2)25(26-20-31-27-9-5-4-8-24(26)27)19-30(34)33-14-12-32(13-15-33)28-10-6-7-11-29(28)37-3/h4-11,16-18,20,25,31H,12-15,19H2,1-3H3. The van der Waals surface area contributed by atoms with E-state index in [-0.39, 0.29) is 11.8 Å². The highest BCUT2D eigenvalue weighted by Crippen LogP contribution is 2.37. The molecule has 2 heterocycles. The Hall–Kier alpha value is -4.13. The van der Waals surface area contributed by atoms with Crippen LogP contribution in [0.4, 0.5) is 5.69 Å². The van der Waals surface area contributed by atoms with Crippen LogP contribution in [0.25, 0.3) is 10.9 Å². The number of fused-ring (bicyclic) bond motifs is 1. The average Bonchev–Trinajstić information content (AvgIpc) is 3.39. The summed E-state index contributed by atoms with van der Waals surface area (Å²) in [5, 5.41) is 1.11. The number of rotatable bonds is 8. The van der Waals surface area contributed by atoms with Crippen molar-refractivity contribution >= 4 is 22.5 Å². The molecule has 1 unspecified atom stereocenters. The van der Waals surface area contributed by atoms with Gasteiger partial charge in [-0.25, -0.2) is 0 Å². The van der Waals surface area contributed by atoms with Gasteiger partial charge in [0, 0.05) is 61.7 Å². The van der Waals surface area contributed by atoms with Gasteiger partial charge in [-0.1, -0.05) is 30.3 Å². The third-order valence-electron chi connectivity index (χ3n) is 7.21. The smallest absolute Gasteiger partial charge is 0.223 e. The maximum atomic E-state index is 13.7. The van der Waals surface area contributed by atoms with Crippen LogP contribution in [0.5, 0.6) is 17.2 Å². The highest BCUT2D eigenvalue weighted by Gasteiger charge is 2.28. The Balaban J connectivity index is 1.40. The van der Waals surface area contributed by atoms with E-state index in [4.69, 9.17) is 14.2 Å². The minimum atomic E-state index is -0.153. The van der Waals surface area contributed by atoms with Crippen LogP contribution in [-0.4, -0.2) is 63.3 Å². The summed E-state index contributed by atoms with van der Waals surface area (Å²) in [6.07, 6.45) is 2.38. The Morgan fingerprint density at radius 3 is 2.24 bits per heavy atom. The van der Waals surface area contributed by atoms with Gasteiger partial charge in [0.05, 0.1) is 27.0 Å². The van der Waals surface area contributed by atoms with Crippen molar-refractivity contribution in [2.24, 2.45) is 0 Å². The number of piperazine rings is 1. The molecule has 5 rings (SSSR count). The minimum absolute atomic E-state index is 0.136. The van der Waals surface area contributed by atoms with Crippen LogP contribution in [0, 0.1) is 0 Å². The maximum absolute atomic E-state index is 13.7. The van der Waals surface area contributed by atoms with Gasteiger partial charge in [0.2, 0.25) is 5.91 Å². The third kappa shape index (κ3) is 5.07. The first-order valence-electron chi connectivity index (χ1n) is 12.6. The fraction of sp³-hybridized carbons (Fsp3) is 0.300. The first-order chi connectivity index (χ1) is 18.1. The van der Waals surface area contributed by atoms with Gasteiger partial charge < -0.3 is 29.0 Å². The van der Waals surface area contributed by atoms with Gasteiger partial charge in [-0.05, 0) is 41.5 Å². The SMILES string of the molecule is COc1cc(OC)cc(C(CC(=O)N2CCN(c3ccccc3OC)CC2)c2c[nH]c3ccccc23)c1. The van der Waals surface area contributed by atoms with E-state index in [1.807, 2.05) is 59.6 Å². The average molecular weight is 500 g/mol. The van der Waals surface area contributed by atoms with Crippen LogP contribution < -0.4 is 19.1 Å². The van der Waals surface area contributed by atoms with E-state index in [0.29, 0.717) is 31.0 Å². The Bertz CT molecular complexity index is 1350. The van der Waals surface area contributed by atoms with E-state index in [0.717, 1.165) is 46.6 Å². The zero-order chi connectivity index (χ0) is 25.8. The summed E-state index contributed by atoms with van der Waals surface area (Å²) in [6.45, 7) is 2.85. The fourth-order valence-corrected chi connectivity index (χ4v) is 5.21. The van der Waals surface area contributed by atoms with Crippen LogP contribution in [0.3, 0.4) is 0 Å². The Morgan fingerprint density at radius 2 is 1.54 bits per heavy atom. The molecule has 7 nitrogen and oxygen atoms in total. The van der Waals surface area contributed by atoms with Crippen LogP contribution in [-0.2, 0) is 4.79 Å². The zero-order valence-electron chi connectivity index (χ0n) is 21.6. The lowest BCUT2D eigenvalue weighted by Crippen LogP contribution is -2.49. The van der Waals surface area contributed by atoms with Crippen molar-refractivity contribution < 1.29 is 19.0 Å². The first kappa shape index (κ1) is 24.6. The van der Waals surface area contributed by atoms with Gasteiger partial charge in [-0.3, -0.25) is 4.79 Å². The molecular weight excluding hydrogens is 466 g/mol. The monoisotopic (exact) mass is 499 g/mol. The van der Waals surface area contributed by atoms with Crippen molar-refractivity contribution in [1.82, 2.24) is 9.88 Å². The molecule has 7 heteroatoms. The molecule has 0 saturated carbocycles. The molecule has 192 valence electrons. The number of hydrogen-bond acceptors (Lipinski definition) is 5. The topological polar surface area (TPSA) is 67.0 Å². The lowest BCUT2D eigenvalue weighted by Gasteiger charge is -2.37. The van der Waals surface area contributed by atoms with Crippen LogP contribution in [0.2, 0.25) is 0 Å². The zero-order valence-corrected chi connectivity index (χ0v) is 21.6. The number of carbonyl (C=O) groups excluding carboxylic acids is 1. The second-order valence-electron chi connectivity index (χ2n) is 9.23. The van der Waals surface area contributed by atoms with Gasteiger partial charge in [0.1, 0.15) is 17.2 Å². The number of ether oxygens (including phenoxy) is 3. The van der Waals surface area contributed by atoms with Gasteiger partial charge in [-0.15, -0.1) is 0 Å². The molecule has 0 aliphatic carbocycles. The Morgan fingerprint density at radius 1 is 0.865 bits per heavy atom. The number of benzene rings is 3. The van der Waals surface area contributed by atoms with Crippen LogP contribution in [0.15, 0.2) is 72.9 Å². The summed E-state index contributed by atoms with van der Waals surface area (Å²) in [6, 6.07) is 22.1. The van der Waals surface area contributed by atoms with E-state index >= 15 is 0 Å². The molecule has 37 heavy (non-hydrogen) atoms. The normalized spacial score (nSPS) is 14.5. The minimum Gasteiger partial charge on any atom is -0.497 e. The van der Waals surface area contributed by atoms with Gasteiger partial charge in [0.25, 0.3) is 0 Å². The number of para-hydroxylation sites is 3. The number of nitrogens with one attached hydrogen (secondary N) is 1. The number of nitrogens with zero attached hydrogens (tertiary/aromatic N) is 2. The molecule has 1 aliphatic rings. The second-order valence-corrected chi connectivity index (χ2v) is 9.23. The predicted octanol–water partition coefficient (Wildman–Crippen LogP) is 5.06. The summed E-state index contributed by atoms with van der Waals surface area (Å²) >= 11 is 0. The predicted molar refractivity (Wildman–Crippen MR) is 146 cm³/mol. The lowest BCUT2D eigenvalue weighted by molar-refractivity contribution is -0.131. The van der Waals surface area contributed by atoms with Gasteiger partial charge >= 0.3 is 0 Å². The number of amides is 1. The molecule has 4 aromatic rings. The molecule has 3 aromatic carbocycles. The quantitative estimate of drug-likeness (QED) is 0.367. The van der Waals surface area contributed by atoms with E-state index < -0.39 is 0 Å².